The Morgan fingerprint density at radius 1 is 1.50 bits per heavy atom. The Hall–Kier alpha value is -0.780. The summed E-state index contributed by atoms with van der Waals surface area (Å²) in [7, 11) is 2.01. The molecule has 0 aromatic rings. The molecule has 1 nitrogen and oxygen atoms in total. The van der Waals surface area contributed by atoms with Gasteiger partial charge in [0.05, 0.1) is 0 Å². The second-order valence-electron chi connectivity index (χ2n) is 7.56. The SMILES string of the molecule is C=C(CNC)CC(CCCC)CC(C)C1(C)CCC=C=C1C. The quantitative estimate of drug-likeness (QED) is 0.392. The van der Waals surface area contributed by atoms with Gasteiger partial charge >= 0.3 is 0 Å². The molecule has 1 N–H and O–H groups in total. The van der Waals surface area contributed by atoms with Crippen molar-refractivity contribution in [2.45, 2.75) is 72.6 Å². The van der Waals surface area contributed by atoms with E-state index in [0.717, 1.165) is 18.4 Å². The molecule has 0 spiro atoms. The third kappa shape index (κ3) is 5.45. The molecule has 0 saturated carbocycles. The molecule has 0 bridgehead atoms. The molecule has 0 radical (unpaired) electrons. The molecule has 3 unspecified atom stereocenters. The molecule has 0 heterocycles. The van der Waals surface area contributed by atoms with Crippen molar-refractivity contribution in [1.29, 1.82) is 0 Å². The highest BCUT2D eigenvalue weighted by atomic mass is 14.8. The molecule has 0 fully saturated rings. The van der Waals surface area contributed by atoms with Crippen molar-refractivity contribution < 1.29 is 0 Å². The van der Waals surface area contributed by atoms with Crippen molar-refractivity contribution in [2.24, 2.45) is 17.3 Å². The molecule has 126 valence electrons. The highest BCUT2D eigenvalue weighted by molar-refractivity contribution is 5.16. The molecule has 22 heavy (non-hydrogen) atoms. The van der Waals surface area contributed by atoms with Gasteiger partial charge in [-0.05, 0) is 68.6 Å². The maximum Gasteiger partial charge on any atom is 0.0159 e. The van der Waals surface area contributed by atoms with Crippen LogP contribution in [0.1, 0.15) is 72.6 Å². The zero-order valence-corrected chi connectivity index (χ0v) is 15.6. The smallest absolute Gasteiger partial charge is 0.0159 e. The fourth-order valence-electron chi connectivity index (χ4n) is 3.85. The highest BCUT2D eigenvalue weighted by Gasteiger charge is 2.34. The summed E-state index contributed by atoms with van der Waals surface area (Å²) in [6, 6.07) is 0. The van der Waals surface area contributed by atoms with E-state index < -0.39 is 0 Å². The minimum atomic E-state index is 0.337. The summed E-state index contributed by atoms with van der Waals surface area (Å²) in [6.07, 6.45) is 11.2. The van der Waals surface area contributed by atoms with E-state index in [0.29, 0.717) is 5.41 Å². The van der Waals surface area contributed by atoms with Crippen molar-refractivity contribution >= 4 is 0 Å². The molecule has 0 aliphatic heterocycles. The molecule has 1 aliphatic carbocycles. The lowest BCUT2D eigenvalue weighted by Crippen LogP contribution is -2.29. The largest absolute Gasteiger partial charge is 0.316 e. The normalized spacial score (nSPS) is 24.0. The summed E-state index contributed by atoms with van der Waals surface area (Å²) >= 11 is 0. The minimum absolute atomic E-state index is 0.337. The van der Waals surface area contributed by atoms with Crippen LogP contribution in [0.4, 0.5) is 0 Å². The Balaban J connectivity index is 2.71. The van der Waals surface area contributed by atoms with Gasteiger partial charge in [-0.25, -0.2) is 0 Å². The molecular weight excluding hydrogens is 266 g/mol. The number of likely N-dealkylation sites (N-methyl/N-ethyl adjacent to an activating group) is 1. The van der Waals surface area contributed by atoms with Gasteiger partial charge in [-0.1, -0.05) is 52.2 Å². The maximum absolute atomic E-state index is 4.26. The van der Waals surface area contributed by atoms with Gasteiger partial charge in [-0.3, -0.25) is 0 Å². The van der Waals surface area contributed by atoms with Crippen LogP contribution in [0.5, 0.6) is 0 Å². The molecular formula is C21H37N. The van der Waals surface area contributed by atoms with Crippen LogP contribution in [0, 0.1) is 17.3 Å². The fourth-order valence-corrected chi connectivity index (χ4v) is 3.85. The maximum atomic E-state index is 4.26. The Kier molecular flexibility index (Phi) is 8.21. The van der Waals surface area contributed by atoms with E-state index in [4.69, 9.17) is 0 Å². The Morgan fingerprint density at radius 2 is 2.23 bits per heavy atom. The third-order valence-corrected chi connectivity index (χ3v) is 5.73. The number of rotatable bonds is 10. The first-order valence-electron chi connectivity index (χ1n) is 9.17. The molecule has 1 rings (SSSR count). The van der Waals surface area contributed by atoms with Crippen LogP contribution >= 0.6 is 0 Å². The van der Waals surface area contributed by atoms with Crippen LogP contribution in [0.15, 0.2) is 29.5 Å². The second kappa shape index (κ2) is 9.38. The van der Waals surface area contributed by atoms with Crippen molar-refractivity contribution in [2.75, 3.05) is 13.6 Å². The molecule has 0 aromatic carbocycles. The number of hydrogen-bond acceptors (Lipinski definition) is 1. The van der Waals surface area contributed by atoms with Gasteiger partial charge in [0.1, 0.15) is 0 Å². The average Bonchev–Trinajstić information content (AvgIpc) is 2.48. The number of hydrogen-bond donors (Lipinski definition) is 1. The van der Waals surface area contributed by atoms with Crippen LogP contribution in [-0.2, 0) is 0 Å². The summed E-state index contributed by atoms with van der Waals surface area (Å²) in [5.41, 5.74) is 6.64. The molecule has 1 aliphatic rings. The van der Waals surface area contributed by atoms with Gasteiger partial charge in [0, 0.05) is 6.54 Å². The lowest BCUT2D eigenvalue weighted by Gasteiger charge is -2.39. The van der Waals surface area contributed by atoms with E-state index in [1.807, 2.05) is 7.05 Å². The Labute approximate surface area is 139 Å². The summed E-state index contributed by atoms with van der Waals surface area (Å²) < 4.78 is 0. The van der Waals surface area contributed by atoms with E-state index in [1.54, 1.807) is 0 Å². The first-order chi connectivity index (χ1) is 10.4. The van der Waals surface area contributed by atoms with Gasteiger partial charge in [0.2, 0.25) is 0 Å². The van der Waals surface area contributed by atoms with Crippen molar-refractivity contribution in [1.82, 2.24) is 5.32 Å². The third-order valence-electron chi connectivity index (χ3n) is 5.73. The monoisotopic (exact) mass is 303 g/mol. The van der Waals surface area contributed by atoms with Crippen LogP contribution < -0.4 is 5.32 Å². The molecule has 0 saturated heterocycles. The van der Waals surface area contributed by atoms with Crippen LogP contribution in [0.25, 0.3) is 0 Å². The lowest BCUT2D eigenvalue weighted by atomic mass is 9.65. The highest BCUT2D eigenvalue weighted by Crippen LogP contribution is 2.45. The number of allylic oxidation sites excluding steroid dienone is 1. The van der Waals surface area contributed by atoms with Crippen LogP contribution in [0.2, 0.25) is 0 Å². The zero-order chi connectivity index (χ0) is 16.6. The molecule has 0 amide bonds. The van der Waals surface area contributed by atoms with Crippen LogP contribution in [0.3, 0.4) is 0 Å². The molecule has 1 heteroatoms. The van der Waals surface area contributed by atoms with E-state index >= 15 is 0 Å². The van der Waals surface area contributed by atoms with Gasteiger partial charge in [-0.2, -0.15) is 0 Å². The molecule has 3 atom stereocenters. The first kappa shape index (κ1) is 19.3. The number of nitrogens with one attached hydrogen (secondary N) is 1. The van der Waals surface area contributed by atoms with Crippen LogP contribution in [-0.4, -0.2) is 13.6 Å². The van der Waals surface area contributed by atoms with Crippen molar-refractivity contribution in [3.63, 3.8) is 0 Å². The summed E-state index contributed by atoms with van der Waals surface area (Å²) in [6.45, 7) is 14.7. The molecule has 0 aromatic heterocycles. The van der Waals surface area contributed by atoms with Crippen molar-refractivity contribution in [3.8, 4) is 0 Å². The first-order valence-corrected chi connectivity index (χ1v) is 9.17. The van der Waals surface area contributed by atoms with Gasteiger partial charge in [0.15, 0.2) is 0 Å². The lowest BCUT2D eigenvalue weighted by molar-refractivity contribution is 0.189. The van der Waals surface area contributed by atoms with Gasteiger partial charge in [0.25, 0.3) is 0 Å². The standard InChI is InChI=1S/C21H37N/c1-7-8-12-20(14-17(2)16-22-6)15-19(4)21(5)13-10-9-11-18(21)3/h9,19-20,22H,2,7-8,10,12-16H2,1,3-6H3. The predicted molar refractivity (Wildman–Crippen MR) is 99.1 cm³/mol. The minimum Gasteiger partial charge on any atom is -0.316 e. The van der Waals surface area contributed by atoms with Crippen molar-refractivity contribution in [3.05, 3.63) is 29.5 Å². The summed E-state index contributed by atoms with van der Waals surface area (Å²) in [5, 5.41) is 3.24. The van der Waals surface area contributed by atoms with Gasteiger partial charge in [-0.15, -0.1) is 5.73 Å². The van der Waals surface area contributed by atoms with E-state index in [1.165, 1.54) is 56.1 Å². The van der Waals surface area contributed by atoms with E-state index in [2.05, 4.69) is 51.4 Å². The fraction of sp³-hybridized carbons (Fsp3) is 0.762. The summed E-state index contributed by atoms with van der Waals surface area (Å²) in [5.74, 6) is 1.50. The van der Waals surface area contributed by atoms with E-state index in [9.17, 15) is 0 Å². The Morgan fingerprint density at radius 3 is 2.82 bits per heavy atom. The second-order valence-corrected chi connectivity index (χ2v) is 7.56. The zero-order valence-electron chi connectivity index (χ0n) is 15.6. The summed E-state index contributed by atoms with van der Waals surface area (Å²) in [4.78, 5) is 0. The van der Waals surface area contributed by atoms with E-state index in [-0.39, 0.29) is 0 Å². The Bertz CT molecular complexity index is 414. The topological polar surface area (TPSA) is 12.0 Å². The van der Waals surface area contributed by atoms with Gasteiger partial charge < -0.3 is 5.32 Å². The average molecular weight is 304 g/mol. The predicted octanol–water partition coefficient (Wildman–Crippen LogP) is 5.89. The number of unbranched alkanes of at least 4 members (excludes halogenated alkanes) is 1.